The minimum absolute atomic E-state index is 0.273. The van der Waals surface area contributed by atoms with E-state index in [2.05, 4.69) is 36.2 Å². The number of halogens is 1. The molecule has 0 saturated heterocycles. The molecule has 0 unspecified atom stereocenters. The summed E-state index contributed by atoms with van der Waals surface area (Å²) in [6.07, 6.45) is 6.82. The van der Waals surface area contributed by atoms with E-state index in [1.54, 1.807) is 18.6 Å². The molecule has 6 nitrogen and oxygen atoms in total. The predicted octanol–water partition coefficient (Wildman–Crippen LogP) is 5.68. The van der Waals surface area contributed by atoms with Crippen molar-refractivity contribution in [2.75, 3.05) is 0 Å². The minimum atomic E-state index is -0.273. The molecule has 0 atom stereocenters. The molecule has 0 aliphatic rings. The summed E-state index contributed by atoms with van der Waals surface area (Å²) in [6, 6.07) is 15.0. The molecule has 0 aliphatic carbocycles. The van der Waals surface area contributed by atoms with Gasteiger partial charge in [-0.05, 0) is 60.5 Å². The molecule has 6 aromatic rings. The maximum atomic E-state index is 14.0. The van der Waals surface area contributed by atoms with E-state index in [0.717, 1.165) is 61.1 Å². The van der Waals surface area contributed by atoms with Gasteiger partial charge in [0.25, 0.3) is 0 Å². The van der Waals surface area contributed by atoms with Gasteiger partial charge in [0.15, 0.2) is 0 Å². The first-order valence-corrected chi connectivity index (χ1v) is 10.1. The first-order chi connectivity index (χ1) is 15.7. The van der Waals surface area contributed by atoms with Crippen molar-refractivity contribution in [1.82, 2.24) is 30.1 Å². The Balaban J connectivity index is 1.52. The Morgan fingerprint density at radius 2 is 1.62 bits per heavy atom. The number of hydrogen-bond donors (Lipinski definition) is 2. The van der Waals surface area contributed by atoms with Gasteiger partial charge >= 0.3 is 0 Å². The molecule has 0 amide bonds. The monoisotopic (exact) mass is 420 g/mol. The Kier molecular flexibility index (Phi) is 4.07. The summed E-state index contributed by atoms with van der Waals surface area (Å²) in [5, 5.41) is 9.56. The highest BCUT2D eigenvalue weighted by atomic mass is 19.1. The lowest BCUT2D eigenvalue weighted by atomic mass is 10.0. The molecular weight excluding hydrogens is 403 g/mol. The topological polar surface area (TPSA) is 83.1 Å². The van der Waals surface area contributed by atoms with E-state index < -0.39 is 0 Å². The first-order valence-electron chi connectivity index (χ1n) is 10.1. The molecule has 4 aromatic heterocycles. The van der Waals surface area contributed by atoms with Gasteiger partial charge in [-0.3, -0.25) is 10.1 Å². The van der Waals surface area contributed by atoms with E-state index in [1.807, 2.05) is 37.3 Å². The number of H-pyrrole nitrogens is 2. The Labute approximate surface area is 182 Å². The highest BCUT2D eigenvalue weighted by Gasteiger charge is 2.15. The summed E-state index contributed by atoms with van der Waals surface area (Å²) < 4.78 is 14.0. The standard InChI is InChI=1S/C25H17FN6/c1-14-6-16(8-18(26)7-14)24-20-10-23(30-21(20)4-5-29-24)25-19-9-15(2-3-22(19)31-32-25)17-11-27-13-28-12-17/h2-13,30H,1H3,(H,31,32). The number of fused-ring (bicyclic) bond motifs is 2. The number of pyridine rings is 1. The molecule has 2 aromatic carbocycles. The van der Waals surface area contributed by atoms with Gasteiger partial charge in [0.05, 0.1) is 16.9 Å². The van der Waals surface area contributed by atoms with Gasteiger partial charge < -0.3 is 4.98 Å². The van der Waals surface area contributed by atoms with Gasteiger partial charge in [-0.2, -0.15) is 5.10 Å². The van der Waals surface area contributed by atoms with Crippen molar-refractivity contribution in [3.05, 3.63) is 84.8 Å². The summed E-state index contributed by atoms with van der Waals surface area (Å²) in [6.45, 7) is 1.88. The number of aryl methyl sites for hydroxylation is 1. The number of rotatable bonds is 3. The molecule has 32 heavy (non-hydrogen) atoms. The number of aromatic amines is 2. The second-order valence-electron chi connectivity index (χ2n) is 7.78. The Hall–Kier alpha value is -4.39. The summed E-state index contributed by atoms with van der Waals surface area (Å²) in [7, 11) is 0. The van der Waals surface area contributed by atoms with E-state index in [4.69, 9.17) is 0 Å². The fourth-order valence-electron chi connectivity index (χ4n) is 4.13. The average Bonchev–Trinajstić information content (AvgIpc) is 3.42. The fourth-order valence-corrected chi connectivity index (χ4v) is 4.13. The van der Waals surface area contributed by atoms with Crippen molar-refractivity contribution in [3.63, 3.8) is 0 Å². The molecule has 0 bridgehead atoms. The molecule has 0 fully saturated rings. The molecule has 6 rings (SSSR count). The lowest BCUT2D eigenvalue weighted by Gasteiger charge is -2.04. The lowest BCUT2D eigenvalue weighted by Crippen LogP contribution is -1.87. The average molecular weight is 420 g/mol. The van der Waals surface area contributed by atoms with Gasteiger partial charge in [0.2, 0.25) is 0 Å². The van der Waals surface area contributed by atoms with Gasteiger partial charge in [-0.25, -0.2) is 14.4 Å². The summed E-state index contributed by atoms with van der Waals surface area (Å²) in [4.78, 5) is 16.2. The number of hydrogen-bond acceptors (Lipinski definition) is 4. The number of nitrogens with zero attached hydrogens (tertiary/aromatic N) is 4. The Morgan fingerprint density at radius 3 is 2.47 bits per heavy atom. The first kappa shape index (κ1) is 18.4. The van der Waals surface area contributed by atoms with E-state index >= 15 is 0 Å². The van der Waals surface area contributed by atoms with Crippen LogP contribution in [0.25, 0.3) is 55.6 Å². The van der Waals surface area contributed by atoms with Gasteiger partial charge in [0, 0.05) is 46.0 Å². The lowest BCUT2D eigenvalue weighted by molar-refractivity contribution is 0.627. The van der Waals surface area contributed by atoms with Gasteiger partial charge in [-0.15, -0.1) is 0 Å². The molecule has 4 heterocycles. The normalized spacial score (nSPS) is 11.4. The molecule has 2 N–H and O–H groups in total. The number of benzene rings is 2. The zero-order valence-corrected chi connectivity index (χ0v) is 17.1. The van der Waals surface area contributed by atoms with Crippen LogP contribution in [0.15, 0.2) is 73.4 Å². The van der Waals surface area contributed by atoms with Gasteiger partial charge in [-0.1, -0.05) is 6.07 Å². The quantitative estimate of drug-likeness (QED) is 0.386. The SMILES string of the molecule is Cc1cc(F)cc(-c2nccc3[nH]c(-c4n[nH]c5ccc(-c6cncnc6)cc45)cc23)c1. The van der Waals surface area contributed by atoms with Crippen molar-refractivity contribution in [3.8, 4) is 33.8 Å². The molecule has 0 aliphatic heterocycles. The second kappa shape index (κ2) is 7.09. The van der Waals surface area contributed by atoms with Crippen LogP contribution in [0.1, 0.15) is 5.56 Å². The van der Waals surface area contributed by atoms with Crippen molar-refractivity contribution in [2.45, 2.75) is 6.92 Å². The van der Waals surface area contributed by atoms with E-state index in [9.17, 15) is 4.39 Å². The van der Waals surface area contributed by atoms with Crippen molar-refractivity contribution in [2.24, 2.45) is 0 Å². The third-order valence-corrected chi connectivity index (χ3v) is 5.58. The van der Waals surface area contributed by atoms with E-state index in [0.29, 0.717) is 0 Å². The Morgan fingerprint density at radius 1 is 0.781 bits per heavy atom. The van der Waals surface area contributed by atoms with Crippen LogP contribution in [0.2, 0.25) is 0 Å². The van der Waals surface area contributed by atoms with E-state index in [-0.39, 0.29) is 5.82 Å². The van der Waals surface area contributed by atoms with Crippen molar-refractivity contribution < 1.29 is 4.39 Å². The van der Waals surface area contributed by atoms with Crippen molar-refractivity contribution >= 4 is 21.8 Å². The molecule has 154 valence electrons. The van der Waals surface area contributed by atoms with Crippen LogP contribution in [0, 0.1) is 12.7 Å². The third kappa shape index (κ3) is 3.02. The summed E-state index contributed by atoms with van der Waals surface area (Å²) in [5.74, 6) is -0.273. The van der Waals surface area contributed by atoms with E-state index in [1.165, 1.54) is 18.5 Å². The smallest absolute Gasteiger partial charge is 0.124 e. The molecular formula is C25H17FN6. The molecule has 7 heteroatoms. The maximum absolute atomic E-state index is 14.0. The zero-order chi connectivity index (χ0) is 21.7. The number of aromatic nitrogens is 6. The zero-order valence-electron chi connectivity index (χ0n) is 17.1. The summed E-state index contributed by atoms with van der Waals surface area (Å²) >= 11 is 0. The highest BCUT2D eigenvalue weighted by Crippen LogP contribution is 2.34. The van der Waals surface area contributed by atoms with Crippen LogP contribution in [-0.4, -0.2) is 30.1 Å². The maximum Gasteiger partial charge on any atom is 0.124 e. The van der Waals surface area contributed by atoms with Crippen LogP contribution >= 0.6 is 0 Å². The predicted molar refractivity (Wildman–Crippen MR) is 122 cm³/mol. The Bertz CT molecular complexity index is 1580. The van der Waals surface area contributed by atoms with Crippen LogP contribution in [-0.2, 0) is 0 Å². The minimum Gasteiger partial charge on any atom is -0.353 e. The van der Waals surface area contributed by atoms with Crippen LogP contribution in [0.3, 0.4) is 0 Å². The van der Waals surface area contributed by atoms with Crippen molar-refractivity contribution in [1.29, 1.82) is 0 Å². The van der Waals surface area contributed by atoms with Crippen LogP contribution < -0.4 is 0 Å². The fraction of sp³-hybridized carbons (Fsp3) is 0.0400. The number of nitrogens with one attached hydrogen (secondary N) is 2. The van der Waals surface area contributed by atoms with Crippen LogP contribution in [0.4, 0.5) is 4.39 Å². The molecule has 0 radical (unpaired) electrons. The largest absolute Gasteiger partial charge is 0.353 e. The van der Waals surface area contributed by atoms with Gasteiger partial charge in [0.1, 0.15) is 17.8 Å². The summed E-state index contributed by atoms with van der Waals surface area (Å²) in [5.41, 5.74) is 7.78. The third-order valence-electron chi connectivity index (χ3n) is 5.58. The second-order valence-corrected chi connectivity index (χ2v) is 7.78. The highest BCUT2D eigenvalue weighted by molar-refractivity contribution is 6.00. The molecule has 0 spiro atoms. The molecule has 0 saturated carbocycles. The van der Waals surface area contributed by atoms with Crippen LogP contribution in [0.5, 0.6) is 0 Å².